The van der Waals surface area contributed by atoms with Gasteiger partial charge in [0.05, 0.1) is 5.69 Å². The molecule has 2 aromatic rings. The fourth-order valence-corrected chi connectivity index (χ4v) is 1.33. The number of nitrogens with zero attached hydrogens (tertiary/aromatic N) is 2. The van der Waals surface area contributed by atoms with E-state index in [2.05, 4.69) is 9.98 Å². The van der Waals surface area contributed by atoms with Gasteiger partial charge in [-0.1, -0.05) is 12.1 Å². The highest BCUT2D eigenvalue weighted by molar-refractivity contribution is 5.94. The van der Waals surface area contributed by atoms with E-state index in [1.54, 1.807) is 12.4 Å². The van der Waals surface area contributed by atoms with Gasteiger partial charge >= 0.3 is 0 Å². The molecule has 0 saturated heterocycles. The number of hydrogen-bond donors (Lipinski definition) is 2. The molecular weight excluding hydrogens is 176 g/mol. The van der Waals surface area contributed by atoms with Crippen LogP contribution in [0.2, 0.25) is 0 Å². The molecule has 0 aliphatic carbocycles. The second kappa shape index (κ2) is 3.33. The van der Waals surface area contributed by atoms with E-state index >= 15 is 0 Å². The summed E-state index contributed by atoms with van der Waals surface area (Å²) in [6.45, 7) is 0. The zero-order chi connectivity index (χ0) is 9.97. The van der Waals surface area contributed by atoms with Crippen molar-refractivity contribution in [1.82, 2.24) is 4.98 Å². The minimum absolute atomic E-state index is 0.0568. The van der Waals surface area contributed by atoms with Gasteiger partial charge in [-0.25, -0.2) is 4.99 Å². The minimum Gasteiger partial charge on any atom is -0.370 e. The molecule has 1 aromatic heterocycles. The molecule has 4 nitrogen and oxygen atoms in total. The van der Waals surface area contributed by atoms with Gasteiger partial charge in [-0.05, 0) is 17.5 Å². The van der Waals surface area contributed by atoms with Crippen molar-refractivity contribution in [2.24, 2.45) is 16.5 Å². The van der Waals surface area contributed by atoms with Crippen LogP contribution in [0.4, 0.5) is 5.69 Å². The fourth-order valence-electron chi connectivity index (χ4n) is 1.33. The molecule has 1 heterocycles. The molecule has 14 heavy (non-hydrogen) atoms. The summed E-state index contributed by atoms with van der Waals surface area (Å²) in [5.74, 6) is 0.0568. The van der Waals surface area contributed by atoms with E-state index in [0.717, 1.165) is 16.5 Å². The Balaban J connectivity index is 2.71. The van der Waals surface area contributed by atoms with Crippen LogP contribution in [0.15, 0.2) is 41.7 Å². The van der Waals surface area contributed by atoms with Crippen molar-refractivity contribution in [3.63, 3.8) is 0 Å². The maximum Gasteiger partial charge on any atom is 0.191 e. The predicted octanol–water partition coefficient (Wildman–Crippen LogP) is 1.14. The summed E-state index contributed by atoms with van der Waals surface area (Å²) >= 11 is 0. The molecule has 0 radical (unpaired) electrons. The Morgan fingerprint density at radius 2 is 2.07 bits per heavy atom. The average Bonchev–Trinajstić information content (AvgIpc) is 2.18. The first kappa shape index (κ1) is 8.50. The monoisotopic (exact) mass is 186 g/mol. The van der Waals surface area contributed by atoms with E-state index in [1.807, 2.05) is 24.3 Å². The number of aromatic nitrogens is 1. The van der Waals surface area contributed by atoms with Crippen molar-refractivity contribution >= 4 is 22.4 Å². The van der Waals surface area contributed by atoms with Gasteiger partial charge in [0.15, 0.2) is 5.96 Å². The maximum absolute atomic E-state index is 5.32. The van der Waals surface area contributed by atoms with Crippen LogP contribution >= 0.6 is 0 Å². The van der Waals surface area contributed by atoms with E-state index < -0.39 is 0 Å². The molecule has 1 aromatic carbocycles. The molecule has 0 fully saturated rings. The fraction of sp³-hybridized carbons (Fsp3) is 0. The number of hydrogen-bond acceptors (Lipinski definition) is 2. The number of aliphatic imine (C=N–C) groups is 1. The first-order valence-electron chi connectivity index (χ1n) is 4.20. The largest absolute Gasteiger partial charge is 0.370 e. The summed E-state index contributed by atoms with van der Waals surface area (Å²) in [5, 5.41) is 2.02. The first-order valence-corrected chi connectivity index (χ1v) is 4.20. The van der Waals surface area contributed by atoms with E-state index in [0.29, 0.717) is 0 Å². The molecular formula is C10H10N4. The molecule has 2 rings (SSSR count). The standard InChI is InChI=1S/C10H10N4/c11-10(12)14-9-3-1-2-7-4-5-13-6-8(7)9/h1-6H,(H4,11,12,14). The van der Waals surface area contributed by atoms with Crippen LogP contribution in [0.1, 0.15) is 0 Å². The highest BCUT2D eigenvalue weighted by Gasteiger charge is 1.98. The number of rotatable bonds is 1. The number of pyridine rings is 1. The lowest BCUT2D eigenvalue weighted by molar-refractivity contribution is 1.35. The summed E-state index contributed by atoms with van der Waals surface area (Å²) in [4.78, 5) is 8.05. The molecule has 70 valence electrons. The summed E-state index contributed by atoms with van der Waals surface area (Å²) < 4.78 is 0. The van der Waals surface area contributed by atoms with Gasteiger partial charge in [0, 0.05) is 17.8 Å². The van der Waals surface area contributed by atoms with Crippen molar-refractivity contribution < 1.29 is 0 Å². The van der Waals surface area contributed by atoms with Gasteiger partial charge in [-0.2, -0.15) is 0 Å². The van der Waals surface area contributed by atoms with E-state index in [1.165, 1.54) is 0 Å². The third-order valence-electron chi connectivity index (χ3n) is 1.91. The third kappa shape index (κ3) is 1.50. The Kier molecular flexibility index (Phi) is 2.02. The summed E-state index contributed by atoms with van der Waals surface area (Å²) in [6, 6.07) is 7.66. The highest BCUT2D eigenvalue weighted by Crippen LogP contribution is 2.24. The van der Waals surface area contributed by atoms with Crippen LogP contribution in [0.25, 0.3) is 10.8 Å². The van der Waals surface area contributed by atoms with Gasteiger partial charge in [0.1, 0.15) is 0 Å². The van der Waals surface area contributed by atoms with Crippen LogP contribution in [0.5, 0.6) is 0 Å². The van der Waals surface area contributed by atoms with E-state index in [9.17, 15) is 0 Å². The lowest BCUT2D eigenvalue weighted by Gasteiger charge is -2.00. The lowest BCUT2D eigenvalue weighted by atomic mass is 10.1. The predicted molar refractivity (Wildman–Crippen MR) is 57.2 cm³/mol. The highest BCUT2D eigenvalue weighted by atomic mass is 15.0. The van der Waals surface area contributed by atoms with Crippen molar-refractivity contribution in [1.29, 1.82) is 0 Å². The Bertz CT molecular complexity index is 481. The number of benzene rings is 1. The van der Waals surface area contributed by atoms with Gasteiger partial charge in [0.2, 0.25) is 0 Å². The van der Waals surface area contributed by atoms with Crippen LogP contribution in [-0.4, -0.2) is 10.9 Å². The van der Waals surface area contributed by atoms with Crippen LogP contribution in [0.3, 0.4) is 0 Å². The number of fused-ring (bicyclic) bond motifs is 1. The Labute approximate surface area is 81.3 Å². The van der Waals surface area contributed by atoms with Crippen LogP contribution in [0, 0.1) is 0 Å². The van der Waals surface area contributed by atoms with Gasteiger partial charge in [0.25, 0.3) is 0 Å². The van der Waals surface area contributed by atoms with Gasteiger partial charge in [-0.3, -0.25) is 4.98 Å². The topological polar surface area (TPSA) is 77.3 Å². The van der Waals surface area contributed by atoms with Crippen LogP contribution in [-0.2, 0) is 0 Å². The Hall–Kier alpha value is -2.10. The average molecular weight is 186 g/mol. The SMILES string of the molecule is NC(N)=Nc1cccc2ccncc12. The second-order valence-electron chi connectivity index (χ2n) is 2.91. The molecule has 0 saturated carbocycles. The molecule has 4 N–H and O–H groups in total. The second-order valence-corrected chi connectivity index (χ2v) is 2.91. The van der Waals surface area contributed by atoms with Crippen molar-refractivity contribution in [3.8, 4) is 0 Å². The molecule has 0 amide bonds. The Morgan fingerprint density at radius 1 is 1.21 bits per heavy atom. The summed E-state index contributed by atoms with van der Waals surface area (Å²) in [5.41, 5.74) is 11.4. The maximum atomic E-state index is 5.32. The summed E-state index contributed by atoms with van der Waals surface area (Å²) in [6.07, 6.45) is 3.48. The normalized spacial score (nSPS) is 10.0. The first-order chi connectivity index (χ1) is 6.77. The van der Waals surface area contributed by atoms with Crippen molar-refractivity contribution in [3.05, 3.63) is 36.7 Å². The molecule has 0 unspecified atom stereocenters. The van der Waals surface area contributed by atoms with Crippen molar-refractivity contribution in [2.45, 2.75) is 0 Å². The smallest absolute Gasteiger partial charge is 0.191 e. The van der Waals surface area contributed by atoms with Gasteiger partial charge < -0.3 is 11.5 Å². The number of guanidine groups is 1. The molecule has 0 spiro atoms. The third-order valence-corrected chi connectivity index (χ3v) is 1.91. The lowest BCUT2D eigenvalue weighted by Crippen LogP contribution is -2.21. The molecule has 0 aliphatic rings. The zero-order valence-corrected chi connectivity index (χ0v) is 7.51. The van der Waals surface area contributed by atoms with E-state index in [-0.39, 0.29) is 5.96 Å². The Morgan fingerprint density at radius 3 is 2.86 bits per heavy atom. The van der Waals surface area contributed by atoms with Crippen LogP contribution < -0.4 is 11.5 Å². The zero-order valence-electron chi connectivity index (χ0n) is 7.51. The molecule has 0 bridgehead atoms. The number of nitrogens with two attached hydrogens (primary N) is 2. The molecule has 0 aliphatic heterocycles. The summed E-state index contributed by atoms with van der Waals surface area (Å²) in [7, 11) is 0. The van der Waals surface area contributed by atoms with E-state index in [4.69, 9.17) is 11.5 Å². The quantitative estimate of drug-likeness (QED) is 0.518. The molecule has 4 heteroatoms. The minimum atomic E-state index is 0.0568. The molecule has 0 atom stereocenters. The van der Waals surface area contributed by atoms with Gasteiger partial charge in [-0.15, -0.1) is 0 Å². The van der Waals surface area contributed by atoms with Crippen molar-refractivity contribution in [2.75, 3.05) is 0 Å².